The van der Waals surface area contributed by atoms with Crippen molar-refractivity contribution in [3.05, 3.63) is 110 Å². The van der Waals surface area contributed by atoms with Gasteiger partial charge in [0.2, 0.25) is 0 Å². The molecule has 7 aromatic rings. The van der Waals surface area contributed by atoms with Crippen molar-refractivity contribution in [1.29, 1.82) is 0 Å². The number of H-pyrrole nitrogens is 1. The second-order valence-corrected chi connectivity index (χ2v) is 17.2. The van der Waals surface area contributed by atoms with Gasteiger partial charge in [0, 0.05) is 96.9 Å². The van der Waals surface area contributed by atoms with Crippen molar-refractivity contribution in [3.63, 3.8) is 0 Å². The monoisotopic (exact) mass is 820 g/mol. The molecule has 14 heteroatoms. The van der Waals surface area contributed by atoms with E-state index in [2.05, 4.69) is 78.1 Å². The number of nitrogens with one attached hydrogen (secondary N) is 1. The quantitative estimate of drug-likeness (QED) is 0.171. The second kappa shape index (κ2) is 14.7. The number of hydrogen-bond acceptors (Lipinski definition) is 10. The number of nitrogens with zero attached hydrogens (tertiary/aromatic N) is 7. The lowest BCUT2D eigenvalue weighted by atomic mass is 9.98. The maximum absolute atomic E-state index is 13.6. The van der Waals surface area contributed by atoms with Crippen molar-refractivity contribution in [1.82, 2.24) is 23.5 Å². The molecule has 1 amide bonds. The van der Waals surface area contributed by atoms with E-state index >= 15 is 0 Å². The normalized spacial score (nSPS) is 16.8. The van der Waals surface area contributed by atoms with Crippen LogP contribution in [-0.2, 0) is 17.6 Å². The molecular formula is C42H38Cl2N8O2S2. The summed E-state index contributed by atoms with van der Waals surface area (Å²) < 4.78 is 11.9. The van der Waals surface area contributed by atoms with Crippen molar-refractivity contribution in [3.8, 4) is 5.88 Å². The molecule has 3 aliphatic heterocycles. The maximum atomic E-state index is 13.6. The molecule has 6 heterocycles. The average Bonchev–Trinajstić information content (AvgIpc) is 3.99. The minimum Gasteiger partial charge on any atom is -0.494 e. The third-order valence-corrected chi connectivity index (χ3v) is 13.9. The maximum Gasteiger partial charge on any atom is 0.279 e. The fourth-order valence-corrected chi connectivity index (χ4v) is 10.5. The number of anilines is 2. The highest BCUT2D eigenvalue weighted by Crippen LogP contribution is 2.37. The Bertz CT molecular complexity index is 2780. The predicted molar refractivity (Wildman–Crippen MR) is 229 cm³/mol. The van der Waals surface area contributed by atoms with E-state index in [9.17, 15) is 9.90 Å². The zero-order valence-electron chi connectivity index (χ0n) is 30.5. The van der Waals surface area contributed by atoms with E-state index < -0.39 is 5.91 Å². The minimum atomic E-state index is -0.391. The van der Waals surface area contributed by atoms with Crippen LogP contribution in [0.4, 0.5) is 11.6 Å². The van der Waals surface area contributed by atoms with Gasteiger partial charge < -0.3 is 19.9 Å². The van der Waals surface area contributed by atoms with Crippen LogP contribution in [0, 0.1) is 0 Å². The number of carbonyl (C=O) groups is 1. The van der Waals surface area contributed by atoms with Gasteiger partial charge in [-0.1, -0.05) is 47.5 Å². The van der Waals surface area contributed by atoms with E-state index in [4.69, 9.17) is 31.9 Å². The fourth-order valence-electron chi connectivity index (χ4n) is 8.43. The number of aromatic hydroxyl groups is 1. The lowest BCUT2D eigenvalue weighted by Gasteiger charge is -2.35. The fraction of sp³-hybridized carbons (Fsp3) is 0.286. The Morgan fingerprint density at radius 1 is 0.679 bits per heavy atom. The number of aromatic amines is 1. The topological polar surface area (TPSA) is 104 Å². The smallest absolute Gasteiger partial charge is 0.279 e. The molecular weight excluding hydrogens is 784 g/mol. The van der Waals surface area contributed by atoms with Crippen molar-refractivity contribution in [2.45, 2.75) is 12.8 Å². The van der Waals surface area contributed by atoms with Crippen LogP contribution in [-0.4, -0.2) is 100.0 Å². The van der Waals surface area contributed by atoms with Crippen molar-refractivity contribution < 1.29 is 9.90 Å². The van der Waals surface area contributed by atoms with Crippen molar-refractivity contribution >= 4 is 100 Å². The summed E-state index contributed by atoms with van der Waals surface area (Å²) in [5.74, 6) is 1.69. The number of halogens is 2. The number of piperazine rings is 2. The molecule has 0 bridgehead atoms. The summed E-state index contributed by atoms with van der Waals surface area (Å²) in [7, 11) is 0. The molecule has 2 fully saturated rings. The van der Waals surface area contributed by atoms with Gasteiger partial charge in [-0.05, 0) is 95.6 Å². The van der Waals surface area contributed by atoms with Gasteiger partial charge in [0.1, 0.15) is 11.6 Å². The Morgan fingerprint density at radius 2 is 1.21 bits per heavy atom. The third kappa shape index (κ3) is 6.52. The Morgan fingerprint density at radius 3 is 1.80 bits per heavy atom. The third-order valence-electron chi connectivity index (χ3n) is 11.5. The molecule has 10 rings (SSSR count). The van der Waals surface area contributed by atoms with E-state index in [-0.39, 0.29) is 5.88 Å². The van der Waals surface area contributed by atoms with Gasteiger partial charge in [-0.25, -0.2) is 4.99 Å². The number of benzene rings is 4. The molecule has 4 aromatic carbocycles. The standard InChI is InChI=1S/C42H38Cl2N8O2S2/c43-31-23-33-29(21-25(31)9-11-49-13-17-51(18-14-49)39-27-5-1-3-7-35(27)55-47-39)37(41(53)45-33)38-30-22-26(32(44)24-34(30)46-42(38)54)10-12-50-15-19-52(20-16-50)40-28-6-2-4-8-36(28)56-48-40/h1-8,21-24,45,53H,9-20H2. The first-order valence-corrected chi connectivity index (χ1v) is 21.3. The Kier molecular flexibility index (Phi) is 9.43. The number of rotatable bonds is 9. The first-order chi connectivity index (χ1) is 27.4. The number of carbonyl (C=O) groups excluding carboxylic acids is 1. The molecule has 0 saturated carbocycles. The van der Waals surface area contributed by atoms with Crippen LogP contribution in [0.15, 0.2) is 77.8 Å². The Balaban J connectivity index is 0.850. The van der Waals surface area contributed by atoms with Crippen LogP contribution in [0.25, 0.3) is 36.6 Å². The first-order valence-electron chi connectivity index (χ1n) is 19.0. The van der Waals surface area contributed by atoms with Crippen molar-refractivity contribution in [2.75, 3.05) is 75.2 Å². The summed E-state index contributed by atoms with van der Waals surface area (Å²) in [6.45, 7) is 9.02. The van der Waals surface area contributed by atoms with E-state index in [0.29, 0.717) is 37.3 Å². The van der Waals surface area contributed by atoms with E-state index in [1.807, 2.05) is 18.2 Å². The molecule has 3 aromatic heterocycles. The zero-order valence-corrected chi connectivity index (χ0v) is 33.6. The first kappa shape index (κ1) is 35.8. The lowest BCUT2D eigenvalue weighted by molar-refractivity contribution is -0.112. The lowest BCUT2D eigenvalue weighted by Crippen LogP contribution is -2.47. The van der Waals surface area contributed by atoms with Crippen LogP contribution in [0.2, 0.25) is 10.0 Å². The second-order valence-electron chi connectivity index (χ2n) is 14.8. The number of fused-ring (bicyclic) bond motifs is 4. The van der Waals surface area contributed by atoms with Crippen LogP contribution in [0.5, 0.6) is 5.88 Å². The Labute approximate surface area is 341 Å². The molecule has 10 nitrogen and oxygen atoms in total. The van der Waals surface area contributed by atoms with Crippen molar-refractivity contribution in [2.24, 2.45) is 4.99 Å². The van der Waals surface area contributed by atoms with Gasteiger partial charge in [-0.15, -0.1) is 0 Å². The predicted octanol–water partition coefficient (Wildman–Crippen LogP) is 6.49. The summed E-state index contributed by atoms with van der Waals surface area (Å²) in [5, 5.41) is 16.9. The van der Waals surface area contributed by atoms with Gasteiger partial charge in [-0.2, -0.15) is 8.75 Å². The van der Waals surface area contributed by atoms with Gasteiger partial charge in [0.05, 0.1) is 31.4 Å². The van der Waals surface area contributed by atoms with E-state index in [1.165, 1.54) is 20.2 Å². The number of hydrogen-bond donors (Lipinski definition) is 2. The summed E-state index contributed by atoms with van der Waals surface area (Å²) in [6.07, 6.45) is 1.46. The highest BCUT2D eigenvalue weighted by Gasteiger charge is 2.28. The molecule has 56 heavy (non-hydrogen) atoms. The van der Waals surface area contributed by atoms with E-state index in [1.54, 1.807) is 29.1 Å². The molecule has 0 radical (unpaired) electrons. The molecule has 0 spiro atoms. The molecule has 2 saturated heterocycles. The zero-order chi connectivity index (χ0) is 37.9. The summed E-state index contributed by atoms with van der Waals surface area (Å²) in [6, 6.07) is 24.5. The Hall–Kier alpha value is -4.56. The van der Waals surface area contributed by atoms with Gasteiger partial charge in [-0.3, -0.25) is 14.6 Å². The highest BCUT2D eigenvalue weighted by atomic mass is 35.5. The summed E-state index contributed by atoms with van der Waals surface area (Å²) in [5.41, 5.74) is 3.42. The SMILES string of the molecule is O=C1N=c2cc(Cl)c(CCN3CCN(c4nsc5ccccc45)CC3)cc2=C1c1c(O)[nH]c2cc(Cl)c(CCN3CCN(c4nsc5ccccc45)CC3)cc12. The largest absolute Gasteiger partial charge is 0.494 e. The molecule has 0 aliphatic carbocycles. The highest BCUT2D eigenvalue weighted by molar-refractivity contribution is 7.14. The molecule has 0 atom stereocenters. The van der Waals surface area contributed by atoms with Crippen LogP contribution in [0.1, 0.15) is 16.7 Å². The number of aromatic nitrogens is 3. The van der Waals surface area contributed by atoms with Gasteiger partial charge in [0.25, 0.3) is 5.91 Å². The van der Waals surface area contributed by atoms with Gasteiger partial charge in [0.15, 0.2) is 5.88 Å². The van der Waals surface area contributed by atoms with Gasteiger partial charge >= 0.3 is 0 Å². The van der Waals surface area contributed by atoms with Crippen LogP contribution >= 0.6 is 46.3 Å². The summed E-state index contributed by atoms with van der Waals surface area (Å²) >= 11 is 16.8. The number of amides is 1. The van der Waals surface area contributed by atoms with E-state index in [0.717, 1.165) is 106 Å². The molecule has 3 aliphatic rings. The van der Waals surface area contributed by atoms with Crippen LogP contribution < -0.4 is 20.4 Å². The van der Waals surface area contributed by atoms with Crippen LogP contribution in [0.3, 0.4) is 0 Å². The summed E-state index contributed by atoms with van der Waals surface area (Å²) in [4.78, 5) is 30.7. The molecule has 284 valence electrons. The molecule has 2 N–H and O–H groups in total. The average molecular weight is 822 g/mol. The minimum absolute atomic E-state index is 0.0763. The molecule has 0 unspecified atom stereocenters.